The lowest BCUT2D eigenvalue weighted by molar-refractivity contribution is -0.384. The van der Waals surface area contributed by atoms with Crippen LogP contribution in [-0.2, 0) is 4.74 Å². The van der Waals surface area contributed by atoms with Crippen LogP contribution in [0.4, 0.5) is 11.4 Å². The number of nitrogens with zero attached hydrogens (tertiary/aromatic N) is 4. The standard InChI is InChI=1S/C20H19ClN6O5/c1-12-18(24-25-26(12)14-4-3-5-15(11-14)27(30)31)20(29)23-13-6-7-16(17(21)10-13)19(28)22-8-9-32-2/h3-7,10-11H,8-9H2,1-2H3,(H,22,28)(H,23,29). The van der Waals surface area contributed by atoms with E-state index in [1.165, 1.54) is 48.2 Å². The number of nitro groups is 1. The van der Waals surface area contributed by atoms with Crippen molar-refractivity contribution in [2.45, 2.75) is 6.92 Å². The Morgan fingerprint density at radius 2 is 2.00 bits per heavy atom. The van der Waals surface area contributed by atoms with Crippen LogP contribution in [0.2, 0.25) is 5.02 Å². The van der Waals surface area contributed by atoms with Crippen molar-refractivity contribution in [1.82, 2.24) is 20.3 Å². The lowest BCUT2D eigenvalue weighted by atomic mass is 10.2. The number of carbonyl (C=O) groups is 2. The molecule has 11 nitrogen and oxygen atoms in total. The molecule has 1 heterocycles. The normalized spacial score (nSPS) is 10.6. The van der Waals surface area contributed by atoms with Gasteiger partial charge in [-0.25, -0.2) is 4.68 Å². The molecular formula is C20H19ClN6O5. The first-order valence-electron chi connectivity index (χ1n) is 9.37. The van der Waals surface area contributed by atoms with Crippen LogP contribution in [-0.4, -0.2) is 52.0 Å². The summed E-state index contributed by atoms with van der Waals surface area (Å²) in [4.78, 5) is 35.3. The predicted molar refractivity (Wildman–Crippen MR) is 116 cm³/mol. The zero-order valence-electron chi connectivity index (χ0n) is 17.2. The molecule has 0 unspecified atom stereocenters. The van der Waals surface area contributed by atoms with Crippen LogP contribution >= 0.6 is 11.6 Å². The first-order chi connectivity index (χ1) is 15.3. The van der Waals surface area contributed by atoms with Gasteiger partial charge in [-0.3, -0.25) is 19.7 Å². The maximum atomic E-state index is 12.7. The molecule has 0 saturated carbocycles. The molecule has 0 spiro atoms. The summed E-state index contributed by atoms with van der Waals surface area (Å²) in [6, 6.07) is 10.3. The molecular weight excluding hydrogens is 440 g/mol. The first-order valence-corrected chi connectivity index (χ1v) is 9.74. The number of anilines is 1. The number of amides is 2. The van der Waals surface area contributed by atoms with Gasteiger partial charge in [0.15, 0.2) is 5.69 Å². The van der Waals surface area contributed by atoms with Gasteiger partial charge in [0.05, 0.1) is 33.5 Å². The van der Waals surface area contributed by atoms with Gasteiger partial charge in [-0.1, -0.05) is 22.9 Å². The van der Waals surface area contributed by atoms with Crippen molar-refractivity contribution in [1.29, 1.82) is 0 Å². The Balaban J connectivity index is 1.75. The molecule has 1 aromatic heterocycles. The Morgan fingerprint density at radius 1 is 1.22 bits per heavy atom. The molecule has 2 amide bonds. The molecule has 0 saturated heterocycles. The van der Waals surface area contributed by atoms with E-state index in [2.05, 4.69) is 20.9 Å². The second kappa shape index (κ2) is 9.98. The van der Waals surface area contributed by atoms with Crippen LogP contribution in [0, 0.1) is 17.0 Å². The fourth-order valence-corrected chi connectivity index (χ4v) is 3.12. The van der Waals surface area contributed by atoms with Gasteiger partial charge < -0.3 is 15.4 Å². The van der Waals surface area contributed by atoms with E-state index in [4.69, 9.17) is 16.3 Å². The van der Waals surface area contributed by atoms with Crippen molar-refractivity contribution in [2.24, 2.45) is 0 Å². The Hall–Kier alpha value is -3.83. The Bertz CT molecular complexity index is 1180. The van der Waals surface area contributed by atoms with Gasteiger partial charge in [0.25, 0.3) is 17.5 Å². The van der Waals surface area contributed by atoms with Gasteiger partial charge >= 0.3 is 0 Å². The number of non-ortho nitro benzene ring substituents is 1. The van der Waals surface area contributed by atoms with Gasteiger partial charge in [0, 0.05) is 31.5 Å². The number of carbonyl (C=O) groups excluding carboxylic acids is 2. The van der Waals surface area contributed by atoms with Crippen LogP contribution in [0.25, 0.3) is 5.69 Å². The number of methoxy groups -OCH3 is 1. The summed E-state index contributed by atoms with van der Waals surface area (Å²) in [6.07, 6.45) is 0. The SMILES string of the molecule is COCCNC(=O)c1ccc(NC(=O)c2nnn(-c3cccc([N+](=O)[O-])c3)c2C)cc1Cl. The smallest absolute Gasteiger partial charge is 0.278 e. The molecule has 0 fully saturated rings. The number of aromatic nitrogens is 3. The van der Waals surface area contributed by atoms with E-state index in [0.29, 0.717) is 30.2 Å². The van der Waals surface area contributed by atoms with Crippen LogP contribution in [0.1, 0.15) is 26.5 Å². The quantitative estimate of drug-likeness (QED) is 0.300. The molecule has 32 heavy (non-hydrogen) atoms. The molecule has 166 valence electrons. The monoisotopic (exact) mass is 458 g/mol. The van der Waals surface area contributed by atoms with Crippen molar-refractivity contribution < 1.29 is 19.2 Å². The van der Waals surface area contributed by atoms with Crippen molar-refractivity contribution >= 4 is 34.8 Å². The van der Waals surface area contributed by atoms with Gasteiger partial charge in [0.1, 0.15) is 0 Å². The van der Waals surface area contributed by atoms with Crippen molar-refractivity contribution in [3.8, 4) is 5.69 Å². The second-order valence-corrected chi connectivity index (χ2v) is 7.02. The molecule has 0 radical (unpaired) electrons. The van der Waals surface area contributed by atoms with E-state index >= 15 is 0 Å². The van der Waals surface area contributed by atoms with E-state index in [1.54, 1.807) is 13.0 Å². The highest BCUT2D eigenvalue weighted by Crippen LogP contribution is 2.22. The minimum Gasteiger partial charge on any atom is -0.383 e. The molecule has 0 aliphatic rings. The third-order valence-electron chi connectivity index (χ3n) is 4.46. The van der Waals surface area contributed by atoms with Crippen molar-refractivity contribution in [2.75, 3.05) is 25.6 Å². The molecule has 2 N–H and O–H groups in total. The molecule has 12 heteroatoms. The lowest BCUT2D eigenvalue weighted by Crippen LogP contribution is -2.27. The Morgan fingerprint density at radius 3 is 2.69 bits per heavy atom. The molecule has 0 aliphatic carbocycles. The van der Waals surface area contributed by atoms with E-state index in [0.717, 1.165) is 0 Å². The summed E-state index contributed by atoms with van der Waals surface area (Å²) < 4.78 is 6.22. The third-order valence-corrected chi connectivity index (χ3v) is 4.77. The first kappa shape index (κ1) is 22.8. The molecule has 0 atom stereocenters. The van der Waals surface area contributed by atoms with Gasteiger partial charge in [-0.05, 0) is 31.2 Å². The highest BCUT2D eigenvalue weighted by molar-refractivity contribution is 6.34. The summed E-state index contributed by atoms with van der Waals surface area (Å²) in [5, 5.41) is 24.3. The van der Waals surface area contributed by atoms with E-state index in [9.17, 15) is 19.7 Å². The number of halogens is 1. The zero-order valence-corrected chi connectivity index (χ0v) is 17.9. The summed E-state index contributed by atoms with van der Waals surface area (Å²) in [5.74, 6) is -0.909. The highest BCUT2D eigenvalue weighted by atomic mass is 35.5. The second-order valence-electron chi connectivity index (χ2n) is 6.61. The lowest BCUT2D eigenvalue weighted by Gasteiger charge is -2.09. The van der Waals surface area contributed by atoms with E-state index < -0.39 is 10.8 Å². The number of hydrogen-bond acceptors (Lipinski definition) is 7. The zero-order chi connectivity index (χ0) is 23.3. The number of benzene rings is 2. The van der Waals surface area contributed by atoms with Crippen LogP contribution in [0.3, 0.4) is 0 Å². The fraction of sp³-hybridized carbons (Fsp3) is 0.200. The van der Waals surface area contributed by atoms with Crippen molar-refractivity contribution in [3.63, 3.8) is 0 Å². The summed E-state index contributed by atoms with van der Waals surface area (Å²) in [7, 11) is 1.53. The Labute approximate surface area is 187 Å². The number of nitro benzene ring substituents is 1. The minimum atomic E-state index is -0.549. The minimum absolute atomic E-state index is 0.0361. The average molecular weight is 459 g/mol. The summed E-state index contributed by atoms with van der Waals surface area (Å²) >= 11 is 6.19. The molecule has 2 aromatic carbocycles. The summed E-state index contributed by atoms with van der Waals surface area (Å²) in [6.45, 7) is 2.33. The molecule has 3 rings (SSSR count). The van der Waals surface area contributed by atoms with Gasteiger partial charge in [0.2, 0.25) is 0 Å². The molecule has 3 aromatic rings. The summed E-state index contributed by atoms with van der Waals surface area (Å²) in [5.41, 5.74) is 1.34. The van der Waals surface area contributed by atoms with E-state index in [1.807, 2.05) is 0 Å². The highest BCUT2D eigenvalue weighted by Gasteiger charge is 2.19. The van der Waals surface area contributed by atoms with Gasteiger partial charge in [-0.2, -0.15) is 0 Å². The number of nitrogens with one attached hydrogen (secondary N) is 2. The maximum Gasteiger partial charge on any atom is 0.278 e. The van der Waals surface area contributed by atoms with Crippen LogP contribution < -0.4 is 10.6 Å². The third kappa shape index (κ3) is 5.07. The maximum absolute atomic E-state index is 12.7. The van der Waals surface area contributed by atoms with Crippen LogP contribution in [0.5, 0.6) is 0 Å². The largest absolute Gasteiger partial charge is 0.383 e. The van der Waals surface area contributed by atoms with Crippen LogP contribution in [0.15, 0.2) is 42.5 Å². The fourth-order valence-electron chi connectivity index (χ4n) is 2.85. The Kier molecular flexibility index (Phi) is 7.13. The predicted octanol–water partition coefficient (Wildman–Crippen LogP) is 2.77. The number of ether oxygens (including phenoxy) is 1. The van der Waals surface area contributed by atoms with Crippen molar-refractivity contribution in [3.05, 3.63) is 74.6 Å². The number of hydrogen-bond donors (Lipinski definition) is 2. The van der Waals surface area contributed by atoms with Gasteiger partial charge in [-0.15, -0.1) is 5.10 Å². The molecule has 0 bridgehead atoms. The average Bonchev–Trinajstić information content (AvgIpc) is 3.15. The number of rotatable bonds is 8. The topological polar surface area (TPSA) is 141 Å². The van der Waals surface area contributed by atoms with E-state index in [-0.39, 0.29) is 27.9 Å². The molecule has 0 aliphatic heterocycles.